The number of hydrogen-bond donors (Lipinski definition) is 1. The maximum atomic E-state index is 12.7. The zero-order valence-electron chi connectivity index (χ0n) is 15.2. The van der Waals surface area contributed by atoms with Crippen molar-refractivity contribution in [1.29, 1.82) is 0 Å². The number of aromatic nitrogens is 1. The highest BCUT2D eigenvalue weighted by Gasteiger charge is 2.23. The largest absolute Gasteiger partial charge is 0.352 e. The molecule has 1 saturated heterocycles. The van der Waals surface area contributed by atoms with E-state index in [2.05, 4.69) is 28.1 Å². The summed E-state index contributed by atoms with van der Waals surface area (Å²) in [6.45, 7) is 4.06. The number of halogens is 1. The number of piperazine rings is 1. The Balaban J connectivity index is 1.36. The average Bonchev–Trinajstić information content (AvgIpc) is 3.17. The van der Waals surface area contributed by atoms with E-state index in [1.165, 1.54) is 9.75 Å². The Bertz CT molecular complexity index is 1040. The smallest absolute Gasteiger partial charge is 0.256 e. The van der Waals surface area contributed by atoms with Crippen molar-refractivity contribution in [2.45, 2.75) is 6.54 Å². The molecular weight excluding hydrogens is 410 g/mol. The maximum Gasteiger partial charge on any atom is 0.256 e. The van der Waals surface area contributed by atoms with Crippen LogP contribution in [-0.2, 0) is 6.54 Å². The quantitative estimate of drug-likeness (QED) is 0.587. The molecule has 4 nitrogen and oxygen atoms in total. The third kappa shape index (κ3) is 4.36. The number of carbonyl (C=O) groups is 1. The number of benzene rings is 1. The van der Waals surface area contributed by atoms with Gasteiger partial charge in [-0.15, -0.1) is 11.3 Å². The van der Waals surface area contributed by atoms with Gasteiger partial charge < -0.3 is 9.88 Å². The van der Waals surface area contributed by atoms with Crippen molar-refractivity contribution in [3.05, 3.63) is 74.8 Å². The zero-order chi connectivity index (χ0) is 19.5. The predicted molar refractivity (Wildman–Crippen MR) is 118 cm³/mol. The standard InChI is InChI=1S/C21H20ClN3OS2/c22-16-4-1-3-15(13-16)19-7-6-17(28-19)14-24-9-11-25(12-10-24)21(26)18-5-2-8-23-20(18)27/h1-8,13H,9-12,14H2,(H,23,27). The summed E-state index contributed by atoms with van der Waals surface area (Å²) >= 11 is 13.1. The Morgan fingerprint density at radius 2 is 1.93 bits per heavy atom. The van der Waals surface area contributed by atoms with Crippen LogP contribution in [0.2, 0.25) is 5.02 Å². The van der Waals surface area contributed by atoms with Crippen LogP contribution in [0.4, 0.5) is 0 Å². The number of aromatic amines is 1. The lowest BCUT2D eigenvalue weighted by Gasteiger charge is -2.34. The summed E-state index contributed by atoms with van der Waals surface area (Å²) in [5.41, 5.74) is 1.73. The third-order valence-corrected chi connectivity index (χ3v) is 6.55. The van der Waals surface area contributed by atoms with Crippen LogP contribution in [0.3, 0.4) is 0 Å². The number of thiophene rings is 1. The summed E-state index contributed by atoms with van der Waals surface area (Å²) in [7, 11) is 0. The van der Waals surface area contributed by atoms with Gasteiger partial charge in [-0.1, -0.05) is 36.0 Å². The van der Waals surface area contributed by atoms with Gasteiger partial charge in [0.05, 0.1) is 5.56 Å². The van der Waals surface area contributed by atoms with E-state index in [9.17, 15) is 4.79 Å². The van der Waals surface area contributed by atoms with Gasteiger partial charge in [-0.05, 0) is 42.0 Å². The minimum atomic E-state index is 0.0147. The van der Waals surface area contributed by atoms with Gasteiger partial charge in [0.25, 0.3) is 5.91 Å². The molecule has 7 heteroatoms. The van der Waals surface area contributed by atoms with E-state index in [1.54, 1.807) is 23.6 Å². The van der Waals surface area contributed by atoms with Gasteiger partial charge in [0, 0.05) is 53.7 Å². The monoisotopic (exact) mass is 429 g/mol. The second kappa shape index (κ2) is 8.57. The van der Waals surface area contributed by atoms with Gasteiger partial charge in [-0.2, -0.15) is 0 Å². The molecule has 4 rings (SSSR count). The van der Waals surface area contributed by atoms with Gasteiger partial charge in [0.15, 0.2) is 0 Å². The Morgan fingerprint density at radius 1 is 1.11 bits per heavy atom. The average molecular weight is 430 g/mol. The summed E-state index contributed by atoms with van der Waals surface area (Å²) < 4.78 is 0.502. The number of amides is 1. The van der Waals surface area contributed by atoms with Crippen LogP contribution in [0.25, 0.3) is 10.4 Å². The van der Waals surface area contributed by atoms with E-state index in [0.29, 0.717) is 10.2 Å². The van der Waals surface area contributed by atoms with E-state index in [0.717, 1.165) is 43.3 Å². The van der Waals surface area contributed by atoms with Gasteiger partial charge in [0.1, 0.15) is 4.64 Å². The van der Waals surface area contributed by atoms with E-state index >= 15 is 0 Å². The first-order valence-corrected chi connectivity index (χ1v) is 10.7. The molecule has 0 radical (unpaired) electrons. The molecule has 144 valence electrons. The second-order valence-electron chi connectivity index (χ2n) is 6.76. The lowest BCUT2D eigenvalue weighted by molar-refractivity contribution is 0.0628. The Labute approximate surface area is 178 Å². The Hall–Kier alpha value is -1.99. The van der Waals surface area contributed by atoms with Gasteiger partial charge >= 0.3 is 0 Å². The van der Waals surface area contributed by atoms with Crippen LogP contribution >= 0.6 is 35.2 Å². The van der Waals surface area contributed by atoms with E-state index in [1.807, 2.05) is 29.2 Å². The summed E-state index contributed by atoms with van der Waals surface area (Å²) in [5, 5.41) is 0.756. The molecule has 0 spiro atoms. The molecule has 0 aliphatic carbocycles. The summed E-state index contributed by atoms with van der Waals surface area (Å²) in [4.78, 5) is 22.4. The van der Waals surface area contributed by atoms with Crippen LogP contribution in [0.1, 0.15) is 15.2 Å². The Morgan fingerprint density at radius 3 is 2.68 bits per heavy atom. The number of nitrogens with one attached hydrogen (secondary N) is 1. The fraction of sp³-hybridized carbons (Fsp3) is 0.238. The summed E-state index contributed by atoms with van der Waals surface area (Å²) in [6.07, 6.45) is 1.75. The van der Waals surface area contributed by atoms with Gasteiger partial charge in [0.2, 0.25) is 0 Å². The van der Waals surface area contributed by atoms with E-state index in [-0.39, 0.29) is 5.91 Å². The van der Waals surface area contributed by atoms with Crippen molar-refractivity contribution < 1.29 is 4.79 Å². The number of rotatable bonds is 4. The topological polar surface area (TPSA) is 39.3 Å². The molecule has 28 heavy (non-hydrogen) atoms. The van der Waals surface area contributed by atoms with Crippen LogP contribution in [-0.4, -0.2) is 46.9 Å². The minimum absolute atomic E-state index is 0.0147. The second-order valence-corrected chi connectivity index (χ2v) is 8.77. The normalized spacial score (nSPS) is 15.0. The highest BCUT2D eigenvalue weighted by Crippen LogP contribution is 2.30. The lowest BCUT2D eigenvalue weighted by atomic mass is 10.2. The number of pyridine rings is 1. The first kappa shape index (κ1) is 19.3. The fourth-order valence-electron chi connectivity index (χ4n) is 3.35. The van der Waals surface area contributed by atoms with Gasteiger partial charge in [-0.3, -0.25) is 9.69 Å². The predicted octanol–water partition coefficient (Wildman–Crippen LogP) is 5.08. The maximum absolute atomic E-state index is 12.7. The van der Waals surface area contributed by atoms with Crippen molar-refractivity contribution >= 4 is 41.1 Å². The van der Waals surface area contributed by atoms with E-state index < -0.39 is 0 Å². The summed E-state index contributed by atoms with van der Waals surface area (Å²) in [5.74, 6) is 0.0147. The van der Waals surface area contributed by atoms with Crippen LogP contribution in [0.15, 0.2) is 54.7 Å². The molecule has 1 aromatic carbocycles. The molecule has 1 fully saturated rings. The SMILES string of the molecule is O=C(c1ccc[nH]c1=S)N1CCN(Cc2ccc(-c3cccc(Cl)c3)s2)CC1. The lowest BCUT2D eigenvalue weighted by Crippen LogP contribution is -2.48. The van der Waals surface area contributed by atoms with Gasteiger partial charge in [-0.25, -0.2) is 0 Å². The highest BCUT2D eigenvalue weighted by atomic mass is 35.5. The number of H-pyrrole nitrogens is 1. The van der Waals surface area contributed by atoms with E-state index in [4.69, 9.17) is 23.8 Å². The molecule has 0 unspecified atom stereocenters. The molecule has 3 heterocycles. The Kier molecular flexibility index (Phi) is 5.92. The molecule has 1 aliphatic heterocycles. The molecule has 2 aromatic heterocycles. The number of hydrogen-bond acceptors (Lipinski definition) is 4. The molecule has 0 atom stereocenters. The van der Waals surface area contributed by atoms with Crippen molar-refractivity contribution in [3.63, 3.8) is 0 Å². The van der Waals surface area contributed by atoms with Crippen LogP contribution in [0.5, 0.6) is 0 Å². The number of carbonyl (C=O) groups excluding carboxylic acids is 1. The zero-order valence-corrected chi connectivity index (χ0v) is 17.6. The molecule has 1 amide bonds. The molecule has 3 aromatic rings. The minimum Gasteiger partial charge on any atom is -0.352 e. The first-order chi connectivity index (χ1) is 13.6. The molecule has 1 N–H and O–H groups in total. The first-order valence-electron chi connectivity index (χ1n) is 9.14. The van der Waals surface area contributed by atoms with Crippen molar-refractivity contribution in [2.24, 2.45) is 0 Å². The van der Waals surface area contributed by atoms with Crippen LogP contribution < -0.4 is 0 Å². The molecule has 0 saturated carbocycles. The van der Waals surface area contributed by atoms with Crippen LogP contribution in [0, 0.1) is 4.64 Å². The summed E-state index contributed by atoms with van der Waals surface area (Å²) in [6, 6.07) is 15.9. The van der Waals surface area contributed by atoms with Crippen molar-refractivity contribution in [1.82, 2.24) is 14.8 Å². The highest BCUT2D eigenvalue weighted by molar-refractivity contribution is 7.71. The molecule has 1 aliphatic rings. The molecular formula is C21H20ClN3OS2. The molecule has 0 bridgehead atoms. The fourth-order valence-corrected chi connectivity index (χ4v) is 4.81. The van der Waals surface area contributed by atoms with Crippen molar-refractivity contribution in [2.75, 3.05) is 26.2 Å². The number of nitrogens with zero attached hydrogens (tertiary/aromatic N) is 2. The van der Waals surface area contributed by atoms with Crippen molar-refractivity contribution in [3.8, 4) is 10.4 Å². The third-order valence-electron chi connectivity index (χ3n) is 4.86.